The van der Waals surface area contributed by atoms with Gasteiger partial charge in [0.05, 0.1) is 0 Å². The molecule has 6 nitrogen and oxygen atoms in total. The summed E-state index contributed by atoms with van der Waals surface area (Å²) in [5.74, 6) is 0.940. The van der Waals surface area contributed by atoms with E-state index < -0.39 is 0 Å². The van der Waals surface area contributed by atoms with Crippen molar-refractivity contribution in [2.75, 3.05) is 31.6 Å². The molecule has 0 fully saturated rings. The van der Waals surface area contributed by atoms with Crippen molar-refractivity contribution >= 4 is 17.7 Å². The first-order valence-electron chi connectivity index (χ1n) is 10.9. The molecule has 0 aromatic carbocycles. The van der Waals surface area contributed by atoms with Gasteiger partial charge in [0.15, 0.2) is 11.5 Å². The summed E-state index contributed by atoms with van der Waals surface area (Å²) in [5, 5.41) is 15.2. The van der Waals surface area contributed by atoms with E-state index in [2.05, 4.69) is 58.9 Å². The molecule has 0 saturated carbocycles. The van der Waals surface area contributed by atoms with Crippen molar-refractivity contribution < 1.29 is 4.79 Å². The summed E-state index contributed by atoms with van der Waals surface area (Å²) in [5.41, 5.74) is 2.99. The van der Waals surface area contributed by atoms with Crippen molar-refractivity contribution in [1.29, 1.82) is 5.26 Å². The van der Waals surface area contributed by atoms with Gasteiger partial charge in [-0.3, -0.25) is 4.79 Å². The first-order valence-corrected chi connectivity index (χ1v) is 12.3. The van der Waals surface area contributed by atoms with Crippen LogP contribution in [-0.2, 0) is 0 Å². The zero-order chi connectivity index (χ0) is 22.5. The van der Waals surface area contributed by atoms with Crippen LogP contribution in [0.1, 0.15) is 62.3 Å². The van der Waals surface area contributed by atoms with Gasteiger partial charge in [0.1, 0.15) is 6.07 Å². The fraction of sp³-hybridized carbons (Fsp3) is 0.542. The smallest absolute Gasteiger partial charge is 0.287 e. The lowest BCUT2D eigenvalue weighted by Gasteiger charge is -2.27. The normalized spacial score (nSPS) is 15.0. The number of thioether (sulfide) groups is 1. The van der Waals surface area contributed by atoms with Gasteiger partial charge < -0.3 is 15.6 Å². The molecule has 3 N–H and O–H groups in total. The second kappa shape index (κ2) is 13.2. The predicted octanol–water partition coefficient (Wildman–Crippen LogP) is 4.36. The fourth-order valence-electron chi connectivity index (χ4n) is 3.49. The molecule has 7 heteroatoms. The van der Waals surface area contributed by atoms with Crippen LogP contribution in [0.15, 0.2) is 41.6 Å². The van der Waals surface area contributed by atoms with Crippen LogP contribution in [0, 0.1) is 16.7 Å². The average molecular weight is 442 g/mol. The number of nitriles is 1. The number of hydrogen-bond donors (Lipinski definition) is 3. The largest absolute Gasteiger partial charge is 0.346 e. The van der Waals surface area contributed by atoms with Gasteiger partial charge in [-0.05, 0) is 43.9 Å². The summed E-state index contributed by atoms with van der Waals surface area (Å²) < 4.78 is 0. The van der Waals surface area contributed by atoms with E-state index in [4.69, 9.17) is 5.26 Å². The first kappa shape index (κ1) is 25.0. The molecule has 0 atom stereocenters. The summed E-state index contributed by atoms with van der Waals surface area (Å²) in [6, 6.07) is 1.91. The van der Waals surface area contributed by atoms with E-state index >= 15 is 0 Å². The number of aromatic nitrogens is 2. The minimum absolute atomic E-state index is 0.0170. The van der Waals surface area contributed by atoms with Crippen molar-refractivity contribution in [2.45, 2.75) is 46.0 Å². The molecule has 31 heavy (non-hydrogen) atoms. The van der Waals surface area contributed by atoms with Gasteiger partial charge in [0.25, 0.3) is 5.91 Å². The van der Waals surface area contributed by atoms with Crippen molar-refractivity contribution in [3.63, 3.8) is 0 Å². The van der Waals surface area contributed by atoms with Crippen LogP contribution in [0.5, 0.6) is 0 Å². The number of carbonyl (C=O) groups is 1. The Morgan fingerprint density at radius 1 is 1.42 bits per heavy atom. The van der Waals surface area contributed by atoms with Crippen LogP contribution in [0.4, 0.5) is 0 Å². The lowest BCUT2D eigenvalue weighted by molar-refractivity contribution is 0.0948. The zero-order valence-corrected chi connectivity index (χ0v) is 19.8. The second-order valence-electron chi connectivity index (χ2n) is 8.38. The van der Waals surface area contributed by atoms with Gasteiger partial charge in [0, 0.05) is 37.0 Å². The van der Waals surface area contributed by atoms with Gasteiger partial charge in [0.2, 0.25) is 0 Å². The molecule has 1 aliphatic carbocycles. The topological polar surface area (TPSA) is 93.6 Å². The third kappa shape index (κ3) is 8.76. The molecule has 1 heterocycles. The summed E-state index contributed by atoms with van der Waals surface area (Å²) in [4.78, 5) is 18.8. The Bertz CT molecular complexity index is 844. The van der Waals surface area contributed by atoms with Crippen molar-refractivity contribution in [2.24, 2.45) is 5.41 Å². The number of carbonyl (C=O) groups excluding carboxylic acids is 1. The maximum absolute atomic E-state index is 12.2. The molecule has 0 saturated heterocycles. The molecule has 1 aromatic heterocycles. The summed E-state index contributed by atoms with van der Waals surface area (Å²) in [7, 11) is 0. The van der Waals surface area contributed by atoms with Crippen LogP contribution in [-0.4, -0.2) is 47.5 Å². The third-order valence-electron chi connectivity index (χ3n) is 5.39. The van der Waals surface area contributed by atoms with Crippen LogP contribution in [0.3, 0.4) is 0 Å². The number of rotatable bonds is 12. The Morgan fingerprint density at radius 2 is 2.26 bits per heavy atom. The minimum Gasteiger partial charge on any atom is -0.346 e. The molecular weight excluding hydrogens is 406 g/mol. The third-order valence-corrected chi connectivity index (χ3v) is 6.00. The molecule has 0 radical (unpaired) electrons. The highest BCUT2D eigenvalue weighted by Gasteiger charge is 2.21. The molecule has 0 aliphatic heterocycles. The molecule has 168 valence electrons. The van der Waals surface area contributed by atoms with E-state index in [-0.39, 0.29) is 22.8 Å². The number of hydrogen-bond acceptors (Lipinski definition) is 5. The van der Waals surface area contributed by atoms with Gasteiger partial charge >= 0.3 is 0 Å². The van der Waals surface area contributed by atoms with Crippen molar-refractivity contribution in [3.05, 3.63) is 53.2 Å². The monoisotopic (exact) mass is 441 g/mol. The van der Waals surface area contributed by atoms with Crippen LogP contribution in [0.25, 0.3) is 0 Å². The SMILES string of the molecule is CSCCNCC(C)(C)C(/C=C\CNC(=O)c1nc(C#N)c[nH]1)=C/CC1=CCCCC1. The highest BCUT2D eigenvalue weighted by atomic mass is 32.2. The summed E-state index contributed by atoms with van der Waals surface area (Å²) in [6.07, 6.45) is 18.4. The van der Waals surface area contributed by atoms with E-state index in [9.17, 15) is 4.79 Å². The van der Waals surface area contributed by atoms with Gasteiger partial charge in [-0.1, -0.05) is 43.7 Å². The molecule has 1 amide bonds. The van der Waals surface area contributed by atoms with E-state index in [1.54, 1.807) is 0 Å². The molecule has 1 aliphatic rings. The van der Waals surface area contributed by atoms with E-state index in [1.807, 2.05) is 23.9 Å². The number of imidazole rings is 1. The highest BCUT2D eigenvalue weighted by molar-refractivity contribution is 7.98. The number of nitrogens with zero attached hydrogens (tertiary/aromatic N) is 2. The minimum atomic E-state index is -0.318. The van der Waals surface area contributed by atoms with Crippen LogP contribution >= 0.6 is 11.8 Å². The Labute approximate surface area is 190 Å². The van der Waals surface area contributed by atoms with Gasteiger partial charge in [-0.15, -0.1) is 0 Å². The number of nitrogens with one attached hydrogen (secondary N) is 3. The fourth-order valence-corrected chi connectivity index (χ4v) is 3.84. The molecule has 0 unspecified atom stereocenters. The van der Waals surface area contributed by atoms with E-state index in [0.29, 0.717) is 6.54 Å². The maximum Gasteiger partial charge on any atom is 0.287 e. The standard InChI is InChI=1S/C24H35N5OS/c1-24(2,18-26-14-15-31-3)20(12-11-19-8-5-4-6-9-19)10-7-13-27-23(30)22-28-17-21(16-25)29-22/h7-8,10,12,17,26H,4-6,9,11,13-15,18H2,1-3H3,(H,27,30)(H,28,29)/b10-7-,20-12+. The summed E-state index contributed by atoms with van der Waals surface area (Å²) >= 11 is 1.85. The van der Waals surface area contributed by atoms with Gasteiger partial charge in [-0.25, -0.2) is 4.98 Å². The van der Waals surface area contributed by atoms with Crippen LogP contribution < -0.4 is 10.6 Å². The lowest BCUT2D eigenvalue weighted by Crippen LogP contribution is -2.32. The Balaban J connectivity index is 1.99. The van der Waals surface area contributed by atoms with Crippen molar-refractivity contribution in [3.8, 4) is 6.07 Å². The molecule has 1 aromatic rings. The lowest BCUT2D eigenvalue weighted by atomic mass is 9.82. The molecule has 2 rings (SSSR count). The molecule has 0 bridgehead atoms. The quantitative estimate of drug-likeness (QED) is 0.254. The average Bonchev–Trinajstić information content (AvgIpc) is 3.26. The summed E-state index contributed by atoms with van der Waals surface area (Å²) in [6.45, 7) is 6.82. The number of allylic oxidation sites excluding steroid dienone is 4. The maximum atomic E-state index is 12.2. The van der Waals surface area contributed by atoms with E-state index in [1.165, 1.54) is 43.0 Å². The van der Waals surface area contributed by atoms with Gasteiger partial charge in [-0.2, -0.15) is 17.0 Å². The zero-order valence-electron chi connectivity index (χ0n) is 19.0. The van der Waals surface area contributed by atoms with Crippen LogP contribution in [0.2, 0.25) is 0 Å². The molecular formula is C24H35N5OS. The highest BCUT2D eigenvalue weighted by Crippen LogP contribution is 2.29. The van der Waals surface area contributed by atoms with E-state index in [0.717, 1.165) is 25.3 Å². The Hall–Kier alpha value is -2.30. The Kier molecular flexibility index (Phi) is 10.6. The Morgan fingerprint density at radius 3 is 2.94 bits per heavy atom. The first-order chi connectivity index (χ1) is 15.0. The number of amides is 1. The second-order valence-corrected chi connectivity index (χ2v) is 9.37. The van der Waals surface area contributed by atoms with Crippen molar-refractivity contribution in [1.82, 2.24) is 20.6 Å². The predicted molar refractivity (Wildman–Crippen MR) is 129 cm³/mol. The molecule has 0 spiro atoms. The number of H-pyrrole nitrogens is 1. The number of aromatic amines is 1.